The molecular weight excluding hydrogens is 384 g/mol. The Balaban J connectivity index is 1.29. The number of nitrogens with zero attached hydrogens (tertiary/aromatic N) is 5. The number of nitrogens with two attached hydrogens (primary N) is 1. The lowest BCUT2D eigenvalue weighted by molar-refractivity contribution is -0.115. The molecule has 0 unspecified atom stereocenters. The minimum absolute atomic E-state index is 0.107. The number of aromatic nitrogens is 4. The average Bonchev–Trinajstić information content (AvgIpc) is 3.38. The van der Waals surface area contributed by atoms with Gasteiger partial charge in [-0.2, -0.15) is 0 Å². The Morgan fingerprint density at radius 3 is 2.74 bits per heavy atom. The predicted octanol–water partition coefficient (Wildman–Crippen LogP) is 1.84. The van der Waals surface area contributed by atoms with Crippen LogP contribution in [0, 0.1) is 0 Å². The lowest BCUT2D eigenvalue weighted by Gasteiger charge is -2.14. The molecular formula is C16H18N8OS2. The molecule has 0 bridgehead atoms. The summed E-state index contributed by atoms with van der Waals surface area (Å²) in [6.45, 7) is 1.68. The van der Waals surface area contributed by atoms with Crippen molar-refractivity contribution in [2.45, 2.75) is 18.9 Å². The summed E-state index contributed by atoms with van der Waals surface area (Å²) in [6.07, 6.45) is 1.26. The van der Waals surface area contributed by atoms with Crippen molar-refractivity contribution in [2.24, 2.45) is 0 Å². The van der Waals surface area contributed by atoms with Gasteiger partial charge < -0.3 is 21.3 Å². The summed E-state index contributed by atoms with van der Waals surface area (Å²) in [7, 11) is 0. The third kappa shape index (κ3) is 4.49. The second-order valence-corrected chi connectivity index (χ2v) is 8.09. The fourth-order valence-corrected chi connectivity index (χ4v) is 4.24. The molecule has 0 aliphatic carbocycles. The summed E-state index contributed by atoms with van der Waals surface area (Å²) in [4.78, 5) is 14.3. The first kappa shape index (κ1) is 17.6. The second kappa shape index (κ2) is 7.84. The van der Waals surface area contributed by atoms with Crippen LogP contribution < -0.4 is 21.3 Å². The van der Waals surface area contributed by atoms with Gasteiger partial charge in [0.1, 0.15) is 0 Å². The second-order valence-electron chi connectivity index (χ2n) is 6.12. The summed E-state index contributed by atoms with van der Waals surface area (Å²) in [5.41, 5.74) is 6.61. The van der Waals surface area contributed by atoms with Crippen molar-refractivity contribution in [2.75, 3.05) is 34.4 Å². The number of nitrogens with one attached hydrogen (secondary N) is 2. The zero-order valence-corrected chi connectivity index (χ0v) is 16.0. The summed E-state index contributed by atoms with van der Waals surface area (Å²) in [5.74, 6) is -0.107. The van der Waals surface area contributed by atoms with E-state index >= 15 is 0 Å². The molecule has 11 heteroatoms. The van der Waals surface area contributed by atoms with Crippen molar-refractivity contribution in [3.8, 4) is 0 Å². The molecule has 1 atom stereocenters. The Kier molecular flexibility index (Phi) is 5.12. The Hall–Kier alpha value is -2.79. The molecule has 27 heavy (non-hydrogen) atoms. The van der Waals surface area contributed by atoms with Crippen LogP contribution in [0.5, 0.6) is 0 Å². The van der Waals surface area contributed by atoms with Gasteiger partial charge >= 0.3 is 0 Å². The van der Waals surface area contributed by atoms with Crippen molar-refractivity contribution in [1.82, 2.24) is 20.4 Å². The van der Waals surface area contributed by atoms with Gasteiger partial charge in [-0.15, -0.1) is 20.4 Å². The number of carbonyl (C=O) groups is 1. The zero-order chi connectivity index (χ0) is 18.6. The standard InChI is InChI=1S/C16H18N8OS2/c17-13-20-23-16(26-13)24-7-6-11(9-24)18-14-21-22-15(27-14)19-12(25)8-10-4-2-1-3-5-10/h1-5,11H,6-9H2,(H2,17,20)(H,18,21)(H,19,22,25)/t11-/m1/s1. The number of rotatable bonds is 6. The number of carbonyl (C=O) groups excluding carboxylic acids is 1. The number of benzene rings is 1. The molecule has 3 heterocycles. The maximum Gasteiger partial charge on any atom is 0.230 e. The molecule has 1 aliphatic rings. The number of nitrogen functional groups attached to an aromatic ring is 1. The Morgan fingerprint density at radius 2 is 1.96 bits per heavy atom. The molecule has 0 spiro atoms. The smallest absolute Gasteiger partial charge is 0.230 e. The van der Waals surface area contributed by atoms with E-state index in [9.17, 15) is 4.79 Å². The molecule has 1 aliphatic heterocycles. The average molecular weight is 403 g/mol. The Bertz CT molecular complexity index is 912. The first-order valence-electron chi connectivity index (χ1n) is 8.43. The summed E-state index contributed by atoms with van der Waals surface area (Å²) >= 11 is 2.72. The number of anilines is 4. The highest BCUT2D eigenvalue weighted by Crippen LogP contribution is 2.28. The van der Waals surface area contributed by atoms with Crippen LogP contribution in [0.25, 0.3) is 0 Å². The minimum atomic E-state index is -0.107. The SMILES string of the molecule is Nc1nnc(N2CC[C@@H](Nc3nnc(NC(=O)Cc4ccccc4)s3)C2)s1. The molecule has 4 N–H and O–H groups in total. The van der Waals surface area contributed by atoms with Gasteiger partial charge in [0.15, 0.2) is 0 Å². The van der Waals surface area contributed by atoms with Gasteiger partial charge in [0.25, 0.3) is 0 Å². The van der Waals surface area contributed by atoms with Crippen LogP contribution in [-0.2, 0) is 11.2 Å². The molecule has 2 aromatic heterocycles. The number of hydrogen-bond donors (Lipinski definition) is 3. The van der Waals surface area contributed by atoms with E-state index in [0.717, 1.165) is 30.2 Å². The van der Waals surface area contributed by atoms with Crippen LogP contribution in [-0.4, -0.2) is 45.4 Å². The lowest BCUT2D eigenvalue weighted by Crippen LogP contribution is -2.25. The highest BCUT2D eigenvalue weighted by atomic mass is 32.1. The molecule has 4 rings (SSSR count). The van der Waals surface area contributed by atoms with Crippen LogP contribution in [0.3, 0.4) is 0 Å². The normalized spacial score (nSPS) is 16.4. The maximum atomic E-state index is 12.1. The van der Waals surface area contributed by atoms with E-state index in [4.69, 9.17) is 5.73 Å². The van der Waals surface area contributed by atoms with E-state index in [1.807, 2.05) is 30.3 Å². The molecule has 140 valence electrons. The summed E-state index contributed by atoms with van der Waals surface area (Å²) in [5, 5.41) is 24.8. The highest BCUT2D eigenvalue weighted by molar-refractivity contribution is 7.19. The molecule has 1 amide bonds. The van der Waals surface area contributed by atoms with Gasteiger partial charge in [-0.25, -0.2) is 0 Å². The Labute approximate surface area is 163 Å². The Morgan fingerprint density at radius 1 is 1.15 bits per heavy atom. The van der Waals surface area contributed by atoms with Crippen LogP contribution >= 0.6 is 22.7 Å². The first-order chi connectivity index (χ1) is 13.2. The summed E-state index contributed by atoms with van der Waals surface area (Å²) < 4.78 is 0. The highest BCUT2D eigenvalue weighted by Gasteiger charge is 2.25. The zero-order valence-electron chi connectivity index (χ0n) is 14.3. The third-order valence-electron chi connectivity index (χ3n) is 4.10. The quantitative estimate of drug-likeness (QED) is 0.571. The van der Waals surface area contributed by atoms with Crippen LogP contribution in [0.1, 0.15) is 12.0 Å². The molecule has 9 nitrogen and oxygen atoms in total. The lowest BCUT2D eigenvalue weighted by atomic mass is 10.1. The van der Waals surface area contributed by atoms with Gasteiger partial charge in [-0.3, -0.25) is 4.79 Å². The van der Waals surface area contributed by atoms with E-state index in [-0.39, 0.29) is 11.9 Å². The van der Waals surface area contributed by atoms with Gasteiger partial charge in [0.05, 0.1) is 6.42 Å². The van der Waals surface area contributed by atoms with Gasteiger partial charge in [-0.1, -0.05) is 53.0 Å². The van der Waals surface area contributed by atoms with Crippen LogP contribution in [0.15, 0.2) is 30.3 Å². The first-order valence-corrected chi connectivity index (χ1v) is 10.1. The summed E-state index contributed by atoms with van der Waals surface area (Å²) in [6, 6.07) is 9.83. The van der Waals surface area contributed by atoms with E-state index in [1.54, 1.807) is 0 Å². The fraction of sp³-hybridized carbons (Fsp3) is 0.312. The van der Waals surface area contributed by atoms with Crippen molar-refractivity contribution >= 4 is 49.1 Å². The molecule has 0 radical (unpaired) electrons. The van der Waals surface area contributed by atoms with Gasteiger partial charge in [-0.05, 0) is 12.0 Å². The van der Waals surface area contributed by atoms with Crippen LogP contribution in [0.2, 0.25) is 0 Å². The molecule has 0 saturated carbocycles. The van der Waals surface area contributed by atoms with Crippen molar-refractivity contribution in [3.05, 3.63) is 35.9 Å². The topological polar surface area (TPSA) is 122 Å². The molecule has 1 aromatic carbocycles. The van der Waals surface area contributed by atoms with Crippen molar-refractivity contribution in [3.63, 3.8) is 0 Å². The number of hydrogen-bond acceptors (Lipinski definition) is 10. The monoisotopic (exact) mass is 402 g/mol. The van der Waals surface area contributed by atoms with E-state index in [0.29, 0.717) is 21.8 Å². The van der Waals surface area contributed by atoms with E-state index < -0.39 is 0 Å². The van der Waals surface area contributed by atoms with Gasteiger partial charge in [0, 0.05) is 19.1 Å². The maximum absolute atomic E-state index is 12.1. The van der Waals surface area contributed by atoms with Crippen LogP contribution in [0.4, 0.5) is 20.5 Å². The minimum Gasteiger partial charge on any atom is -0.374 e. The van der Waals surface area contributed by atoms with Crippen molar-refractivity contribution in [1.29, 1.82) is 0 Å². The van der Waals surface area contributed by atoms with E-state index in [1.165, 1.54) is 22.7 Å². The van der Waals surface area contributed by atoms with Crippen molar-refractivity contribution < 1.29 is 4.79 Å². The molecule has 3 aromatic rings. The molecule has 1 fully saturated rings. The van der Waals surface area contributed by atoms with Gasteiger partial charge in [0.2, 0.25) is 26.4 Å². The predicted molar refractivity (Wildman–Crippen MR) is 107 cm³/mol. The van der Waals surface area contributed by atoms with E-state index in [2.05, 4.69) is 35.9 Å². The number of amides is 1. The molecule has 1 saturated heterocycles. The largest absolute Gasteiger partial charge is 0.374 e. The fourth-order valence-electron chi connectivity index (χ4n) is 2.86. The third-order valence-corrected chi connectivity index (χ3v) is 5.68.